The second-order valence-electron chi connectivity index (χ2n) is 16.2. The summed E-state index contributed by atoms with van der Waals surface area (Å²) < 4.78 is 46.9. The number of nitrogens with one attached hydrogen (secondary N) is 5. The average Bonchev–Trinajstić information content (AvgIpc) is 3.43. The molecule has 13 nitrogen and oxygen atoms in total. The number of rotatable bonds is 15. The number of fused-ring (bicyclic) bond motifs is 3. The lowest BCUT2D eigenvalue weighted by atomic mass is 9.99. The Bertz CT molecular complexity index is 2210. The monoisotopic (exact) mass is 805 g/mol. The number of aromatic amines is 1. The fourth-order valence-corrected chi connectivity index (χ4v) is 8.85. The minimum atomic E-state index is -1.30. The van der Waals surface area contributed by atoms with Crippen LogP contribution in [0.4, 0.5) is 13.2 Å². The summed E-state index contributed by atoms with van der Waals surface area (Å²) in [6, 6.07) is 5.29. The van der Waals surface area contributed by atoms with Gasteiger partial charge in [0.2, 0.25) is 23.6 Å². The SMILES string of the molecule is CC[C@H](NC(=O)[C@H](C)NC)C(=O)N1C[C@@H](F)C[C@H]1Cc1c(-c2nc3cc(F)ccc3n2C[C@@H]2C3C[C@H]3CN2C(=O)[C@H](CC)NC(=O)[C@H](C)NC)[nH]c2cc(F)ccc12. The summed E-state index contributed by atoms with van der Waals surface area (Å²) in [5.74, 6) is -1.13. The fourth-order valence-electron chi connectivity index (χ4n) is 8.85. The van der Waals surface area contributed by atoms with Crippen LogP contribution in [0, 0.1) is 23.5 Å². The van der Waals surface area contributed by atoms with E-state index in [9.17, 15) is 28.0 Å². The van der Waals surface area contributed by atoms with Gasteiger partial charge in [-0.25, -0.2) is 18.2 Å². The number of H-pyrrole nitrogens is 1. The Kier molecular flexibility index (Phi) is 11.9. The maximum absolute atomic E-state index is 15.4. The molecule has 7 rings (SSSR count). The quantitative estimate of drug-likeness (QED) is 0.123. The number of aromatic nitrogens is 3. The van der Waals surface area contributed by atoms with Gasteiger partial charge in [-0.2, -0.15) is 0 Å². The van der Waals surface area contributed by atoms with E-state index in [4.69, 9.17) is 4.98 Å². The summed E-state index contributed by atoms with van der Waals surface area (Å²) in [6.45, 7) is 7.80. The second-order valence-corrected chi connectivity index (χ2v) is 16.2. The number of imidazole rings is 1. The van der Waals surface area contributed by atoms with Crippen molar-refractivity contribution in [3.8, 4) is 11.5 Å². The lowest BCUT2D eigenvalue weighted by Gasteiger charge is -2.32. The summed E-state index contributed by atoms with van der Waals surface area (Å²) in [5, 5.41) is 12.2. The molecular weight excluding hydrogens is 752 g/mol. The number of hydrogen-bond acceptors (Lipinski definition) is 7. The Balaban J connectivity index is 1.26. The number of amides is 4. The van der Waals surface area contributed by atoms with E-state index in [1.165, 1.54) is 29.2 Å². The number of carbonyl (C=O) groups is 4. The summed E-state index contributed by atoms with van der Waals surface area (Å²) in [6.07, 6.45) is 0.611. The van der Waals surface area contributed by atoms with Crippen molar-refractivity contribution < 1.29 is 32.3 Å². The lowest BCUT2D eigenvalue weighted by Crippen LogP contribution is -2.54. The van der Waals surface area contributed by atoms with E-state index >= 15 is 4.39 Å². The van der Waals surface area contributed by atoms with Gasteiger partial charge >= 0.3 is 0 Å². The normalized spacial score (nSPS) is 23.5. The van der Waals surface area contributed by atoms with Crippen molar-refractivity contribution in [1.29, 1.82) is 0 Å². The van der Waals surface area contributed by atoms with Gasteiger partial charge in [0.1, 0.15) is 29.9 Å². The molecule has 4 aromatic rings. The Morgan fingerprint density at radius 3 is 2.12 bits per heavy atom. The number of alkyl halides is 1. The molecule has 4 heterocycles. The van der Waals surface area contributed by atoms with Gasteiger partial charge < -0.3 is 40.6 Å². The van der Waals surface area contributed by atoms with E-state index in [2.05, 4.69) is 26.3 Å². The van der Waals surface area contributed by atoms with Crippen LogP contribution in [0.25, 0.3) is 33.5 Å². The number of likely N-dealkylation sites (tertiary alicyclic amines) is 2. The molecule has 0 bridgehead atoms. The molecule has 0 radical (unpaired) electrons. The Labute approximate surface area is 335 Å². The van der Waals surface area contributed by atoms with Crippen molar-refractivity contribution in [2.45, 2.75) is 109 Å². The summed E-state index contributed by atoms with van der Waals surface area (Å²) >= 11 is 0. The van der Waals surface area contributed by atoms with E-state index < -0.39 is 48.0 Å². The van der Waals surface area contributed by atoms with Gasteiger partial charge in [0.05, 0.1) is 41.4 Å². The van der Waals surface area contributed by atoms with E-state index in [-0.39, 0.29) is 55.0 Å². The Hall–Kier alpha value is -4.96. The molecule has 5 N–H and O–H groups in total. The largest absolute Gasteiger partial charge is 0.352 e. The number of halogens is 3. The third-order valence-corrected chi connectivity index (χ3v) is 12.5. The van der Waals surface area contributed by atoms with Crippen LogP contribution in [0.1, 0.15) is 58.9 Å². The zero-order chi connectivity index (χ0) is 41.6. The van der Waals surface area contributed by atoms with Crippen molar-refractivity contribution >= 4 is 45.6 Å². The zero-order valence-corrected chi connectivity index (χ0v) is 33.9. The first-order valence-corrected chi connectivity index (χ1v) is 20.4. The predicted molar refractivity (Wildman–Crippen MR) is 214 cm³/mol. The van der Waals surface area contributed by atoms with Crippen LogP contribution in [0.2, 0.25) is 0 Å². The zero-order valence-electron chi connectivity index (χ0n) is 33.9. The second kappa shape index (κ2) is 16.7. The van der Waals surface area contributed by atoms with Gasteiger partial charge in [0.25, 0.3) is 0 Å². The van der Waals surface area contributed by atoms with E-state index in [0.29, 0.717) is 70.9 Å². The number of hydrogen-bond donors (Lipinski definition) is 5. The van der Waals surface area contributed by atoms with Crippen LogP contribution >= 0.6 is 0 Å². The standard InChI is InChI=1S/C42H54F3N9O4/c1-7-31(50-39(55)21(3)46-5)41(57)52-19-26(45)14-27(52)17-30-28-11-9-24(43)15-33(28)48-37(30)38-49-34-16-25(44)10-12-35(34)53(38)20-36-29-13-23(29)18-54(36)42(58)32(8-2)51-40(56)22(4)47-6/h9-12,15-16,21-23,26-27,29,31-32,36,46-48H,7-8,13-14,17-20H2,1-6H3,(H,50,55)(H,51,56)/t21-,22-,23-,26-,27-,29?,31-,32-,36+/m0/s1. The highest BCUT2D eigenvalue weighted by molar-refractivity contribution is 5.93. The van der Waals surface area contributed by atoms with Gasteiger partial charge in [-0.3, -0.25) is 19.2 Å². The average molecular weight is 806 g/mol. The topological polar surface area (TPSA) is 156 Å². The van der Waals surface area contributed by atoms with Crippen LogP contribution in [0.15, 0.2) is 36.4 Å². The first-order chi connectivity index (χ1) is 27.8. The highest BCUT2D eigenvalue weighted by Crippen LogP contribution is 2.51. The van der Waals surface area contributed by atoms with Gasteiger partial charge in [-0.1, -0.05) is 13.8 Å². The number of nitrogens with zero attached hydrogens (tertiary/aromatic N) is 4. The van der Waals surface area contributed by atoms with E-state index in [1.807, 2.05) is 16.4 Å². The van der Waals surface area contributed by atoms with Crippen LogP contribution in [-0.2, 0) is 32.1 Å². The molecule has 2 aromatic heterocycles. The number of carbonyl (C=O) groups excluding carboxylic acids is 4. The molecule has 2 aromatic carbocycles. The van der Waals surface area contributed by atoms with Crippen molar-refractivity contribution in [3.63, 3.8) is 0 Å². The van der Waals surface area contributed by atoms with Crippen LogP contribution in [0.5, 0.6) is 0 Å². The lowest BCUT2D eigenvalue weighted by molar-refractivity contribution is -0.138. The number of piperidine rings is 1. The maximum Gasteiger partial charge on any atom is 0.245 e. The van der Waals surface area contributed by atoms with Crippen LogP contribution < -0.4 is 21.3 Å². The molecule has 1 unspecified atom stereocenters. The summed E-state index contributed by atoms with van der Waals surface area (Å²) in [7, 11) is 3.33. The molecule has 16 heteroatoms. The maximum atomic E-state index is 15.4. The molecule has 4 amide bonds. The molecule has 58 heavy (non-hydrogen) atoms. The molecule has 1 saturated carbocycles. The minimum absolute atomic E-state index is 0.0580. The summed E-state index contributed by atoms with van der Waals surface area (Å²) in [4.78, 5) is 65.5. The molecule has 1 aliphatic carbocycles. The highest BCUT2D eigenvalue weighted by Gasteiger charge is 2.55. The van der Waals surface area contributed by atoms with Gasteiger partial charge in [-0.15, -0.1) is 0 Å². The molecule has 312 valence electrons. The molecule has 3 fully saturated rings. The van der Waals surface area contributed by atoms with Crippen molar-refractivity contribution in [2.75, 3.05) is 27.2 Å². The first kappa shape index (κ1) is 41.2. The molecule has 3 aliphatic rings. The van der Waals surface area contributed by atoms with Crippen LogP contribution in [0.3, 0.4) is 0 Å². The third kappa shape index (κ3) is 7.92. The van der Waals surface area contributed by atoms with Gasteiger partial charge in [0, 0.05) is 42.5 Å². The van der Waals surface area contributed by atoms with E-state index in [0.717, 1.165) is 6.42 Å². The van der Waals surface area contributed by atoms with Crippen molar-refractivity contribution in [1.82, 2.24) is 45.6 Å². The molecule has 9 atom stereocenters. The Morgan fingerprint density at radius 2 is 1.48 bits per heavy atom. The molecule has 2 aliphatic heterocycles. The highest BCUT2D eigenvalue weighted by atomic mass is 19.1. The molecule has 2 saturated heterocycles. The first-order valence-electron chi connectivity index (χ1n) is 20.4. The minimum Gasteiger partial charge on any atom is -0.352 e. The smallest absolute Gasteiger partial charge is 0.245 e. The van der Waals surface area contributed by atoms with Crippen LogP contribution in [-0.4, -0.2) is 118 Å². The van der Waals surface area contributed by atoms with Crippen molar-refractivity contribution in [3.05, 3.63) is 53.6 Å². The molecular formula is C42H54F3N9O4. The Morgan fingerprint density at radius 1 is 0.862 bits per heavy atom. The fraction of sp³-hybridized carbons (Fsp3) is 0.548. The van der Waals surface area contributed by atoms with Gasteiger partial charge in [-0.05, 0) is 101 Å². The summed E-state index contributed by atoms with van der Waals surface area (Å²) in [5.41, 5.74) is 2.68. The van der Waals surface area contributed by atoms with E-state index in [1.54, 1.807) is 47.0 Å². The third-order valence-electron chi connectivity index (χ3n) is 12.5. The predicted octanol–water partition coefficient (Wildman–Crippen LogP) is 3.80. The van der Waals surface area contributed by atoms with Crippen molar-refractivity contribution in [2.24, 2.45) is 11.8 Å². The number of likely N-dealkylation sites (N-methyl/N-ethyl adjacent to an activating group) is 2. The molecule has 0 spiro atoms. The van der Waals surface area contributed by atoms with Gasteiger partial charge in [0.15, 0.2) is 5.82 Å². The number of benzene rings is 2.